The van der Waals surface area contributed by atoms with Gasteiger partial charge in [0.25, 0.3) is 5.91 Å². The molecule has 1 N–H and O–H groups in total. The Morgan fingerprint density at radius 1 is 1.12 bits per heavy atom. The van der Waals surface area contributed by atoms with Crippen molar-refractivity contribution < 1.29 is 9.53 Å². The maximum absolute atomic E-state index is 12.3. The molecule has 0 spiro atoms. The largest absolute Gasteiger partial charge is 0.481 e. The molecule has 2 rings (SSSR count). The molecule has 0 aliphatic carbocycles. The molecule has 0 unspecified atom stereocenters. The molecule has 128 valence electrons. The molecule has 0 saturated heterocycles. The molecule has 0 bridgehead atoms. The molecule has 0 heterocycles. The summed E-state index contributed by atoms with van der Waals surface area (Å²) in [6.07, 6.45) is 2.90. The first-order valence-electron chi connectivity index (χ1n) is 8.64. The van der Waals surface area contributed by atoms with Crippen molar-refractivity contribution in [3.63, 3.8) is 0 Å². The summed E-state index contributed by atoms with van der Waals surface area (Å²) in [4.78, 5) is 12.3. The Morgan fingerprint density at radius 3 is 2.50 bits per heavy atom. The molecule has 0 aliphatic rings. The number of nitrogens with one attached hydrogen (secondary N) is 1. The number of hydrogen-bond donors (Lipinski definition) is 1. The van der Waals surface area contributed by atoms with Crippen molar-refractivity contribution in [1.29, 1.82) is 0 Å². The van der Waals surface area contributed by atoms with E-state index in [0.717, 1.165) is 29.0 Å². The molecule has 2 aromatic rings. The Balaban J connectivity index is 1.95. The van der Waals surface area contributed by atoms with Gasteiger partial charge in [0, 0.05) is 5.69 Å². The summed E-state index contributed by atoms with van der Waals surface area (Å²) in [5, 5.41) is 2.92. The molecule has 0 fully saturated rings. The van der Waals surface area contributed by atoms with Crippen LogP contribution in [0.5, 0.6) is 5.75 Å². The summed E-state index contributed by atoms with van der Waals surface area (Å²) >= 11 is 0. The van der Waals surface area contributed by atoms with Crippen molar-refractivity contribution in [2.45, 2.75) is 53.1 Å². The van der Waals surface area contributed by atoms with Gasteiger partial charge in [0.15, 0.2) is 6.10 Å². The van der Waals surface area contributed by atoms with Crippen LogP contribution in [0.15, 0.2) is 42.5 Å². The van der Waals surface area contributed by atoms with E-state index in [1.807, 2.05) is 44.2 Å². The Labute approximate surface area is 145 Å². The lowest BCUT2D eigenvalue weighted by Crippen LogP contribution is -2.30. The number of aryl methyl sites for hydroxylation is 2. The van der Waals surface area contributed by atoms with Crippen LogP contribution in [0, 0.1) is 13.8 Å². The van der Waals surface area contributed by atoms with Gasteiger partial charge in [0.05, 0.1) is 0 Å². The Kier molecular flexibility index (Phi) is 6.42. The monoisotopic (exact) mass is 325 g/mol. The van der Waals surface area contributed by atoms with Crippen LogP contribution in [0.25, 0.3) is 0 Å². The van der Waals surface area contributed by atoms with Crippen molar-refractivity contribution in [1.82, 2.24) is 0 Å². The first-order valence-corrected chi connectivity index (χ1v) is 8.64. The number of hydrogen-bond acceptors (Lipinski definition) is 2. The summed E-state index contributed by atoms with van der Waals surface area (Å²) in [5.74, 6) is 0.616. The maximum Gasteiger partial charge on any atom is 0.265 e. The van der Waals surface area contributed by atoms with Gasteiger partial charge in [-0.15, -0.1) is 0 Å². The highest BCUT2D eigenvalue weighted by atomic mass is 16.5. The normalized spacial score (nSPS) is 11.8. The second-order valence-corrected chi connectivity index (χ2v) is 6.25. The van der Waals surface area contributed by atoms with E-state index in [9.17, 15) is 4.79 Å². The van der Waals surface area contributed by atoms with Gasteiger partial charge in [0.2, 0.25) is 0 Å². The minimum atomic E-state index is -0.551. The summed E-state index contributed by atoms with van der Waals surface area (Å²) in [7, 11) is 0. The van der Waals surface area contributed by atoms with Crippen molar-refractivity contribution in [3.05, 3.63) is 59.2 Å². The summed E-state index contributed by atoms with van der Waals surface area (Å²) in [6.45, 7) is 8.00. The molecule has 24 heavy (non-hydrogen) atoms. The van der Waals surface area contributed by atoms with E-state index in [4.69, 9.17) is 4.74 Å². The van der Waals surface area contributed by atoms with Crippen molar-refractivity contribution in [3.8, 4) is 5.75 Å². The zero-order valence-corrected chi connectivity index (χ0v) is 15.1. The number of amides is 1. The second-order valence-electron chi connectivity index (χ2n) is 6.25. The van der Waals surface area contributed by atoms with E-state index in [-0.39, 0.29) is 5.91 Å². The van der Waals surface area contributed by atoms with Crippen molar-refractivity contribution in [2.24, 2.45) is 0 Å². The standard InChI is InChI=1S/C21H27NO2/c1-5-6-9-18-11-13-19(14-12-18)22-21(23)17(4)24-20-10-7-8-15(2)16(20)3/h7-8,10-14,17H,5-6,9H2,1-4H3,(H,22,23)/t17-/m1/s1. The van der Waals surface area contributed by atoms with Gasteiger partial charge >= 0.3 is 0 Å². The summed E-state index contributed by atoms with van der Waals surface area (Å²) in [5.41, 5.74) is 4.33. The van der Waals surface area contributed by atoms with Gasteiger partial charge in [-0.3, -0.25) is 4.79 Å². The molecule has 0 aliphatic heterocycles. The number of ether oxygens (including phenoxy) is 1. The lowest BCUT2D eigenvalue weighted by molar-refractivity contribution is -0.122. The van der Waals surface area contributed by atoms with Gasteiger partial charge in [-0.1, -0.05) is 37.6 Å². The number of carbonyl (C=O) groups excluding carboxylic acids is 1. The second kappa shape index (κ2) is 8.53. The number of rotatable bonds is 7. The third-order valence-corrected chi connectivity index (χ3v) is 4.27. The highest BCUT2D eigenvalue weighted by molar-refractivity contribution is 5.94. The quantitative estimate of drug-likeness (QED) is 0.773. The van der Waals surface area contributed by atoms with Crippen LogP contribution < -0.4 is 10.1 Å². The van der Waals surface area contributed by atoms with E-state index in [0.29, 0.717) is 0 Å². The maximum atomic E-state index is 12.3. The number of anilines is 1. The van der Waals surface area contributed by atoms with E-state index in [1.54, 1.807) is 6.92 Å². The van der Waals surface area contributed by atoms with E-state index in [2.05, 4.69) is 24.4 Å². The molecule has 3 nitrogen and oxygen atoms in total. The van der Waals surface area contributed by atoms with Crippen molar-refractivity contribution in [2.75, 3.05) is 5.32 Å². The van der Waals surface area contributed by atoms with Crippen LogP contribution in [0.1, 0.15) is 43.4 Å². The van der Waals surface area contributed by atoms with Crippen LogP contribution in [0.4, 0.5) is 5.69 Å². The molecular weight excluding hydrogens is 298 g/mol. The predicted octanol–water partition coefficient (Wildman–Crippen LogP) is 5.05. The first kappa shape index (κ1) is 18.1. The number of carbonyl (C=O) groups is 1. The zero-order chi connectivity index (χ0) is 17.5. The molecule has 1 atom stereocenters. The van der Waals surface area contributed by atoms with E-state index in [1.165, 1.54) is 18.4 Å². The first-order chi connectivity index (χ1) is 11.5. The van der Waals surface area contributed by atoms with Crippen LogP contribution in [-0.2, 0) is 11.2 Å². The zero-order valence-electron chi connectivity index (χ0n) is 15.1. The number of benzene rings is 2. The Hall–Kier alpha value is -2.29. The van der Waals surface area contributed by atoms with Gasteiger partial charge in [-0.2, -0.15) is 0 Å². The van der Waals surface area contributed by atoms with Gasteiger partial charge < -0.3 is 10.1 Å². The van der Waals surface area contributed by atoms with E-state index < -0.39 is 6.10 Å². The summed E-state index contributed by atoms with van der Waals surface area (Å²) < 4.78 is 5.82. The van der Waals surface area contributed by atoms with Crippen LogP contribution in [0.3, 0.4) is 0 Å². The molecule has 3 heteroatoms. The van der Waals surface area contributed by atoms with Crippen LogP contribution >= 0.6 is 0 Å². The predicted molar refractivity (Wildman–Crippen MR) is 99.7 cm³/mol. The third-order valence-electron chi connectivity index (χ3n) is 4.27. The molecule has 0 radical (unpaired) electrons. The molecule has 2 aromatic carbocycles. The fourth-order valence-electron chi connectivity index (χ4n) is 2.48. The highest BCUT2D eigenvalue weighted by Gasteiger charge is 2.16. The summed E-state index contributed by atoms with van der Waals surface area (Å²) in [6, 6.07) is 13.9. The third kappa shape index (κ3) is 4.85. The van der Waals surface area contributed by atoms with Crippen LogP contribution in [0.2, 0.25) is 0 Å². The lowest BCUT2D eigenvalue weighted by atomic mass is 10.1. The Morgan fingerprint density at radius 2 is 1.83 bits per heavy atom. The average molecular weight is 325 g/mol. The van der Waals surface area contributed by atoms with E-state index >= 15 is 0 Å². The molecule has 1 amide bonds. The van der Waals surface area contributed by atoms with Crippen LogP contribution in [-0.4, -0.2) is 12.0 Å². The molecule has 0 aromatic heterocycles. The fraction of sp³-hybridized carbons (Fsp3) is 0.381. The minimum Gasteiger partial charge on any atom is -0.481 e. The average Bonchev–Trinajstić information content (AvgIpc) is 2.58. The van der Waals surface area contributed by atoms with Gasteiger partial charge in [-0.25, -0.2) is 0 Å². The Bertz CT molecular complexity index is 677. The van der Waals surface area contributed by atoms with Crippen molar-refractivity contribution >= 4 is 11.6 Å². The van der Waals surface area contributed by atoms with Gasteiger partial charge in [-0.05, 0) is 68.5 Å². The smallest absolute Gasteiger partial charge is 0.265 e. The molecular formula is C21H27NO2. The topological polar surface area (TPSA) is 38.3 Å². The lowest BCUT2D eigenvalue weighted by Gasteiger charge is -2.17. The van der Waals surface area contributed by atoms with Gasteiger partial charge in [0.1, 0.15) is 5.75 Å². The fourth-order valence-corrected chi connectivity index (χ4v) is 2.48. The minimum absolute atomic E-state index is 0.141. The number of unbranched alkanes of at least 4 members (excludes halogenated alkanes) is 1. The molecule has 0 saturated carbocycles. The SMILES string of the molecule is CCCCc1ccc(NC(=O)[C@@H](C)Oc2cccc(C)c2C)cc1. The highest BCUT2D eigenvalue weighted by Crippen LogP contribution is 2.22.